The summed E-state index contributed by atoms with van der Waals surface area (Å²) in [5, 5.41) is -0.132. The third-order valence-corrected chi connectivity index (χ3v) is 4.21. The molecular formula is C16H17ClO. The Kier molecular flexibility index (Phi) is 3.72. The van der Waals surface area contributed by atoms with E-state index in [1.54, 1.807) is 0 Å². The van der Waals surface area contributed by atoms with E-state index in [1.807, 2.05) is 51.1 Å². The monoisotopic (exact) mass is 260 g/mol. The number of ketones is 1. The number of rotatable bonds is 3. The zero-order chi connectivity index (χ0) is 13.3. The third kappa shape index (κ3) is 2.28. The van der Waals surface area contributed by atoms with Gasteiger partial charge in [-0.25, -0.2) is 0 Å². The second-order valence-electron chi connectivity index (χ2n) is 4.82. The van der Waals surface area contributed by atoms with Crippen LogP contribution in [0.1, 0.15) is 31.1 Å². The molecule has 0 bridgehead atoms. The molecule has 0 aliphatic heterocycles. The number of halogens is 1. The van der Waals surface area contributed by atoms with E-state index in [0.717, 1.165) is 16.7 Å². The lowest BCUT2D eigenvalue weighted by Crippen LogP contribution is -2.18. The summed E-state index contributed by atoms with van der Waals surface area (Å²) in [7, 11) is 0. The molecule has 0 saturated heterocycles. The van der Waals surface area contributed by atoms with Crippen LogP contribution < -0.4 is 0 Å². The van der Waals surface area contributed by atoms with E-state index >= 15 is 0 Å². The van der Waals surface area contributed by atoms with E-state index in [0.29, 0.717) is 0 Å². The molecule has 94 valence electrons. The van der Waals surface area contributed by atoms with Gasteiger partial charge in [0.2, 0.25) is 0 Å². The maximum Gasteiger partial charge on any atom is 0.169 e. The molecule has 1 aliphatic rings. The summed E-state index contributed by atoms with van der Waals surface area (Å²) in [5.74, 6) is -0.0303. The van der Waals surface area contributed by atoms with Gasteiger partial charge in [-0.05, 0) is 25.0 Å². The number of hydrogen-bond donors (Lipinski definition) is 0. The molecular weight excluding hydrogens is 244 g/mol. The van der Waals surface area contributed by atoms with Gasteiger partial charge in [0.05, 0.1) is 5.38 Å². The van der Waals surface area contributed by atoms with Crippen LogP contribution in [0.2, 0.25) is 0 Å². The number of carbonyl (C=O) groups excluding carboxylic acids is 1. The molecule has 2 unspecified atom stereocenters. The number of carbonyl (C=O) groups is 1. The molecule has 0 saturated carbocycles. The second kappa shape index (κ2) is 5.11. The van der Waals surface area contributed by atoms with Crippen molar-refractivity contribution < 1.29 is 4.79 Å². The first-order chi connectivity index (χ1) is 8.52. The molecule has 1 aromatic carbocycles. The predicted molar refractivity (Wildman–Crippen MR) is 76.0 cm³/mol. The first-order valence-corrected chi connectivity index (χ1v) is 6.58. The van der Waals surface area contributed by atoms with Gasteiger partial charge in [-0.1, -0.05) is 48.9 Å². The summed E-state index contributed by atoms with van der Waals surface area (Å²) in [6.07, 6.45) is 2.05. The lowest BCUT2D eigenvalue weighted by Gasteiger charge is -2.16. The fraction of sp³-hybridized carbons (Fsp3) is 0.312. The van der Waals surface area contributed by atoms with Crippen LogP contribution in [0.3, 0.4) is 0 Å². The SMILES string of the molecule is CC1=C(C)C(Cl)C(C(C)C(=O)c2ccccc2)=C1. The Hall–Kier alpha value is -1.34. The average molecular weight is 261 g/mol. The summed E-state index contributed by atoms with van der Waals surface area (Å²) in [5.41, 5.74) is 4.09. The molecule has 0 N–H and O–H groups in total. The van der Waals surface area contributed by atoms with Crippen molar-refractivity contribution in [3.63, 3.8) is 0 Å². The van der Waals surface area contributed by atoms with Crippen LogP contribution in [-0.2, 0) is 0 Å². The van der Waals surface area contributed by atoms with Crippen LogP contribution in [0.15, 0.2) is 53.1 Å². The normalized spacial score (nSPS) is 20.9. The van der Waals surface area contributed by atoms with Crippen molar-refractivity contribution in [3.8, 4) is 0 Å². The first-order valence-electron chi connectivity index (χ1n) is 6.14. The maximum atomic E-state index is 12.4. The molecule has 1 aromatic rings. The van der Waals surface area contributed by atoms with Crippen molar-refractivity contribution in [2.75, 3.05) is 0 Å². The Bertz CT molecular complexity index is 525. The highest BCUT2D eigenvalue weighted by Crippen LogP contribution is 2.35. The topological polar surface area (TPSA) is 17.1 Å². The van der Waals surface area contributed by atoms with Crippen molar-refractivity contribution in [2.45, 2.75) is 26.1 Å². The molecule has 0 radical (unpaired) electrons. The van der Waals surface area contributed by atoms with Crippen LogP contribution in [0, 0.1) is 5.92 Å². The highest BCUT2D eigenvalue weighted by atomic mass is 35.5. The fourth-order valence-corrected chi connectivity index (χ4v) is 2.66. The minimum atomic E-state index is -0.165. The summed E-state index contributed by atoms with van der Waals surface area (Å²) < 4.78 is 0. The van der Waals surface area contributed by atoms with Gasteiger partial charge in [0, 0.05) is 11.5 Å². The van der Waals surface area contributed by atoms with E-state index in [9.17, 15) is 4.79 Å². The molecule has 0 amide bonds. The second-order valence-corrected chi connectivity index (χ2v) is 5.26. The van der Waals surface area contributed by atoms with E-state index in [4.69, 9.17) is 11.6 Å². The third-order valence-electron chi connectivity index (χ3n) is 3.63. The van der Waals surface area contributed by atoms with E-state index < -0.39 is 0 Å². The van der Waals surface area contributed by atoms with Gasteiger partial charge in [0.25, 0.3) is 0 Å². The number of hydrogen-bond acceptors (Lipinski definition) is 1. The van der Waals surface area contributed by atoms with Crippen LogP contribution in [0.5, 0.6) is 0 Å². The molecule has 2 rings (SSSR count). The zero-order valence-electron chi connectivity index (χ0n) is 10.9. The maximum absolute atomic E-state index is 12.4. The molecule has 1 nitrogen and oxygen atoms in total. The minimum absolute atomic E-state index is 0.132. The Morgan fingerprint density at radius 1 is 1.22 bits per heavy atom. The zero-order valence-corrected chi connectivity index (χ0v) is 11.7. The highest BCUT2D eigenvalue weighted by Gasteiger charge is 2.29. The van der Waals surface area contributed by atoms with Crippen molar-refractivity contribution in [2.24, 2.45) is 5.92 Å². The van der Waals surface area contributed by atoms with Gasteiger partial charge < -0.3 is 0 Å². The van der Waals surface area contributed by atoms with Gasteiger partial charge in [-0.3, -0.25) is 4.79 Å². The van der Waals surface area contributed by atoms with Crippen molar-refractivity contribution in [1.29, 1.82) is 0 Å². The highest BCUT2D eigenvalue weighted by molar-refractivity contribution is 6.25. The number of alkyl halides is 1. The van der Waals surface area contributed by atoms with Gasteiger partial charge in [-0.2, -0.15) is 0 Å². The Labute approximate surface area is 113 Å². The molecule has 18 heavy (non-hydrogen) atoms. The molecule has 0 spiro atoms. The van der Waals surface area contributed by atoms with Gasteiger partial charge in [0.1, 0.15) is 0 Å². The fourth-order valence-electron chi connectivity index (χ4n) is 2.24. The van der Waals surface area contributed by atoms with Crippen molar-refractivity contribution in [1.82, 2.24) is 0 Å². The Morgan fingerprint density at radius 3 is 2.33 bits per heavy atom. The summed E-state index contributed by atoms with van der Waals surface area (Å²) >= 11 is 6.37. The van der Waals surface area contributed by atoms with Crippen LogP contribution in [0.4, 0.5) is 0 Å². The summed E-state index contributed by atoms with van der Waals surface area (Å²) in [6, 6.07) is 9.39. The largest absolute Gasteiger partial charge is 0.294 e. The molecule has 2 atom stereocenters. The average Bonchev–Trinajstić information content (AvgIpc) is 2.66. The summed E-state index contributed by atoms with van der Waals surface area (Å²) in [6.45, 7) is 6.00. The van der Waals surface area contributed by atoms with E-state index in [1.165, 1.54) is 5.57 Å². The standard InChI is InChI=1S/C16H17ClO/c1-10-9-14(15(17)11(10)2)12(3)16(18)13-7-5-4-6-8-13/h4-9,12,15H,1-3H3. The summed E-state index contributed by atoms with van der Waals surface area (Å²) in [4.78, 5) is 12.4. The van der Waals surface area contributed by atoms with Crippen LogP contribution >= 0.6 is 11.6 Å². The van der Waals surface area contributed by atoms with Gasteiger partial charge in [0.15, 0.2) is 5.78 Å². The molecule has 0 aromatic heterocycles. The van der Waals surface area contributed by atoms with Crippen LogP contribution in [-0.4, -0.2) is 11.2 Å². The quantitative estimate of drug-likeness (QED) is 0.582. The predicted octanol–water partition coefficient (Wildman–Crippen LogP) is 4.39. The molecule has 0 heterocycles. The minimum Gasteiger partial charge on any atom is -0.294 e. The molecule has 2 heteroatoms. The number of allylic oxidation sites excluding steroid dienone is 4. The van der Waals surface area contributed by atoms with Crippen molar-refractivity contribution >= 4 is 17.4 Å². The molecule has 0 fully saturated rings. The Morgan fingerprint density at radius 2 is 1.83 bits per heavy atom. The molecule has 1 aliphatic carbocycles. The van der Waals surface area contributed by atoms with Crippen LogP contribution in [0.25, 0.3) is 0 Å². The lowest BCUT2D eigenvalue weighted by molar-refractivity contribution is 0.0947. The smallest absolute Gasteiger partial charge is 0.169 e. The van der Waals surface area contributed by atoms with Crippen molar-refractivity contribution in [3.05, 3.63) is 58.7 Å². The Balaban J connectivity index is 2.22. The lowest BCUT2D eigenvalue weighted by atomic mass is 9.90. The number of Topliss-reactive ketones (excluding diaryl/α,β-unsaturated/α-hetero) is 1. The van der Waals surface area contributed by atoms with Gasteiger partial charge >= 0.3 is 0 Å². The van der Waals surface area contributed by atoms with Gasteiger partial charge in [-0.15, -0.1) is 11.6 Å². The first kappa shape index (κ1) is 13.1. The van der Waals surface area contributed by atoms with E-state index in [-0.39, 0.29) is 17.1 Å². The number of benzene rings is 1. The van der Waals surface area contributed by atoms with E-state index in [2.05, 4.69) is 6.08 Å².